The van der Waals surface area contributed by atoms with Crippen LogP contribution in [0.15, 0.2) is 84.9 Å². The third-order valence-electron chi connectivity index (χ3n) is 8.59. The zero-order valence-electron chi connectivity index (χ0n) is 22.8. The molecule has 1 unspecified atom stereocenters. The van der Waals surface area contributed by atoms with Crippen molar-refractivity contribution in [2.24, 2.45) is 5.92 Å². The molecule has 0 bridgehead atoms. The lowest BCUT2D eigenvalue weighted by Crippen LogP contribution is -2.53. The van der Waals surface area contributed by atoms with E-state index in [9.17, 15) is 9.59 Å². The van der Waals surface area contributed by atoms with Crippen molar-refractivity contribution >= 4 is 11.8 Å². The first-order chi connectivity index (χ1) is 18.3. The van der Waals surface area contributed by atoms with Gasteiger partial charge in [0.15, 0.2) is 0 Å². The van der Waals surface area contributed by atoms with Crippen LogP contribution in [0, 0.1) is 12.8 Å². The van der Waals surface area contributed by atoms with Gasteiger partial charge in [0.2, 0.25) is 11.8 Å². The first-order valence-electron chi connectivity index (χ1n) is 13.8. The first kappa shape index (κ1) is 26.2. The monoisotopic (exact) mass is 509 g/mol. The van der Waals surface area contributed by atoms with E-state index < -0.39 is 5.41 Å². The van der Waals surface area contributed by atoms with Gasteiger partial charge in [0.25, 0.3) is 0 Å². The summed E-state index contributed by atoms with van der Waals surface area (Å²) < 4.78 is 0. The number of aryl methyl sites for hydroxylation is 1. The van der Waals surface area contributed by atoms with E-state index in [2.05, 4.69) is 65.7 Å². The average Bonchev–Trinajstić information content (AvgIpc) is 3.65. The van der Waals surface area contributed by atoms with E-state index in [1.165, 1.54) is 11.1 Å². The minimum Gasteiger partial charge on any atom is -0.347 e. The highest BCUT2D eigenvalue weighted by atomic mass is 16.2. The van der Waals surface area contributed by atoms with Crippen molar-refractivity contribution < 1.29 is 9.59 Å². The predicted octanol–water partition coefficient (Wildman–Crippen LogP) is 5.04. The highest BCUT2D eigenvalue weighted by molar-refractivity contribution is 5.92. The minimum absolute atomic E-state index is 0.00920. The summed E-state index contributed by atoms with van der Waals surface area (Å²) in [6.07, 6.45) is 2.60. The summed E-state index contributed by atoms with van der Waals surface area (Å²) in [5, 5.41) is 3.28. The van der Waals surface area contributed by atoms with Gasteiger partial charge in [-0.1, -0.05) is 90.5 Å². The van der Waals surface area contributed by atoms with Crippen LogP contribution in [0.1, 0.15) is 48.4 Å². The van der Waals surface area contributed by atoms with Gasteiger partial charge in [0, 0.05) is 40.2 Å². The number of nitrogens with one attached hydrogen (secondary N) is 1. The van der Waals surface area contributed by atoms with E-state index >= 15 is 0 Å². The molecule has 38 heavy (non-hydrogen) atoms. The van der Waals surface area contributed by atoms with E-state index in [0.717, 1.165) is 50.0 Å². The fraction of sp³-hybridized carbons (Fsp3) is 0.394. The molecule has 2 aliphatic rings. The van der Waals surface area contributed by atoms with Gasteiger partial charge in [-0.15, -0.1) is 0 Å². The Bertz CT molecular complexity index is 1250. The molecule has 2 fully saturated rings. The number of hydrogen-bond acceptors (Lipinski definition) is 3. The SMILES string of the molecule is CC(=O)NC1(c2ccccc2)CCN(C[C@@H]2CC2(C(=O)N(C)Cc2ccccc2)c2ccc(C)cc2)CC1. The fourth-order valence-electron chi connectivity index (χ4n) is 6.42. The molecule has 1 saturated carbocycles. The third-order valence-corrected chi connectivity index (χ3v) is 8.59. The van der Waals surface area contributed by atoms with Gasteiger partial charge >= 0.3 is 0 Å². The maximum Gasteiger partial charge on any atom is 0.233 e. The molecule has 1 heterocycles. The Morgan fingerprint density at radius 3 is 2.11 bits per heavy atom. The smallest absolute Gasteiger partial charge is 0.233 e. The maximum absolute atomic E-state index is 14.0. The van der Waals surface area contributed by atoms with Crippen molar-refractivity contribution in [3.8, 4) is 0 Å². The van der Waals surface area contributed by atoms with Crippen LogP contribution in [-0.2, 0) is 27.1 Å². The van der Waals surface area contributed by atoms with Crippen LogP contribution in [0.2, 0.25) is 0 Å². The second kappa shape index (κ2) is 10.7. The van der Waals surface area contributed by atoms with E-state index in [0.29, 0.717) is 6.54 Å². The molecule has 1 saturated heterocycles. The molecule has 1 N–H and O–H groups in total. The number of likely N-dealkylation sites (N-methyl/N-ethyl adjacent to an activating group) is 1. The standard InChI is InChI=1S/C33H39N3O2/c1-25-14-16-29(17-15-25)33(31(38)35(3)23-27-10-6-4-7-11-27)22-30(33)24-36-20-18-32(19-21-36,34-26(2)37)28-12-8-5-9-13-28/h4-17,30H,18-24H2,1-3H3,(H,34,37)/t30-,33?/m0/s1. The van der Waals surface area contributed by atoms with Crippen molar-refractivity contribution in [2.75, 3.05) is 26.7 Å². The van der Waals surface area contributed by atoms with Crippen LogP contribution in [0.4, 0.5) is 0 Å². The normalized spacial score (nSPS) is 22.4. The molecule has 2 atom stereocenters. The second-order valence-electron chi connectivity index (χ2n) is 11.3. The van der Waals surface area contributed by atoms with Crippen molar-refractivity contribution in [3.05, 3.63) is 107 Å². The summed E-state index contributed by atoms with van der Waals surface area (Å²) in [5.74, 6) is 0.500. The van der Waals surface area contributed by atoms with Gasteiger partial charge in [0.1, 0.15) is 0 Å². The number of nitrogens with zero attached hydrogens (tertiary/aromatic N) is 2. The molecule has 3 aromatic rings. The predicted molar refractivity (Wildman–Crippen MR) is 151 cm³/mol. The summed E-state index contributed by atoms with van der Waals surface area (Å²) >= 11 is 0. The summed E-state index contributed by atoms with van der Waals surface area (Å²) in [6, 6.07) is 29.1. The van der Waals surface area contributed by atoms with Gasteiger partial charge in [-0.05, 0) is 48.8 Å². The van der Waals surface area contributed by atoms with E-state index in [-0.39, 0.29) is 23.3 Å². The van der Waals surface area contributed by atoms with Gasteiger partial charge in [0.05, 0.1) is 11.0 Å². The number of amides is 2. The summed E-state index contributed by atoms with van der Waals surface area (Å²) in [4.78, 5) is 30.6. The Balaban J connectivity index is 1.31. The molecule has 0 radical (unpaired) electrons. The zero-order chi connectivity index (χ0) is 26.8. The Hall–Kier alpha value is -3.44. The van der Waals surface area contributed by atoms with Crippen molar-refractivity contribution in [3.63, 3.8) is 0 Å². The average molecular weight is 510 g/mol. The van der Waals surface area contributed by atoms with Crippen molar-refractivity contribution in [1.29, 1.82) is 0 Å². The molecule has 5 heteroatoms. The van der Waals surface area contributed by atoms with Crippen LogP contribution in [0.5, 0.6) is 0 Å². The molecule has 0 aromatic heterocycles. The van der Waals surface area contributed by atoms with Crippen LogP contribution in [0.3, 0.4) is 0 Å². The Morgan fingerprint density at radius 1 is 0.895 bits per heavy atom. The molecular formula is C33H39N3O2. The third kappa shape index (κ3) is 5.25. The van der Waals surface area contributed by atoms with Crippen LogP contribution >= 0.6 is 0 Å². The van der Waals surface area contributed by atoms with Crippen LogP contribution in [-0.4, -0.2) is 48.3 Å². The largest absolute Gasteiger partial charge is 0.347 e. The van der Waals surface area contributed by atoms with Crippen molar-refractivity contribution in [2.45, 2.75) is 50.6 Å². The lowest BCUT2D eigenvalue weighted by Gasteiger charge is -2.43. The summed E-state index contributed by atoms with van der Waals surface area (Å²) in [7, 11) is 1.93. The van der Waals surface area contributed by atoms with E-state index in [1.54, 1.807) is 6.92 Å². The van der Waals surface area contributed by atoms with E-state index in [4.69, 9.17) is 0 Å². The lowest BCUT2D eigenvalue weighted by molar-refractivity contribution is -0.133. The molecule has 3 aromatic carbocycles. The molecule has 1 aliphatic heterocycles. The maximum atomic E-state index is 14.0. The van der Waals surface area contributed by atoms with Crippen LogP contribution in [0.25, 0.3) is 0 Å². The fourth-order valence-corrected chi connectivity index (χ4v) is 6.42. The number of piperidine rings is 1. The highest BCUT2D eigenvalue weighted by Crippen LogP contribution is 2.56. The molecule has 0 spiro atoms. The van der Waals surface area contributed by atoms with Crippen molar-refractivity contribution in [1.82, 2.24) is 15.1 Å². The molecular weight excluding hydrogens is 470 g/mol. The topological polar surface area (TPSA) is 52.7 Å². The second-order valence-corrected chi connectivity index (χ2v) is 11.3. The Kier molecular flexibility index (Phi) is 7.40. The molecule has 198 valence electrons. The van der Waals surface area contributed by atoms with Gasteiger partial charge < -0.3 is 15.1 Å². The Labute approximate surface area is 226 Å². The lowest BCUT2D eigenvalue weighted by atomic mass is 9.80. The van der Waals surface area contributed by atoms with Gasteiger partial charge in [-0.3, -0.25) is 9.59 Å². The quantitative estimate of drug-likeness (QED) is 0.463. The molecule has 2 amide bonds. The molecule has 5 nitrogen and oxygen atoms in total. The van der Waals surface area contributed by atoms with Crippen LogP contribution < -0.4 is 5.32 Å². The number of hydrogen-bond donors (Lipinski definition) is 1. The Morgan fingerprint density at radius 2 is 1.50 bits per heavy atom. The summed E-state index contributed by atoms with van der Waals surface area (Å²) in [5.41, 5.74) is 3.86. The first-order valence-corrected chi connectivity index (χ1v) is 13.8. The molecule has 1 aliphatic carbocycles. The number of rotatable bonds is 8. The number of carbonyl (C=O) groups excluding carboxylic acids is 2. The highest BCUT2D eigenvalue weighted by Gasteiger charge is 2.62. The number of benzene rings is 3. The minimum atomic E-state index is -0.469. The number of likely N-dealkylation sites (tertiary alicyclic amines) is 1. The molecule has 5 rings (SSSR count). The zero-order valence-corrected chi connectivity index (χ0v) is 22.8. The van der Waals surface area contributed by atoms with Gasteiger partial charge in [-0.25, -0.2) is 0 Å². The van der Waals surface area contributed by atoms with Gasteiger partial charge in [-0.2, -0.15) is 0 Å². The summed E-state index contributed by atoms with van der Waals surface area (Å²) in [6.45, 7) is 6.98. The van der Waals surface area contributed by atoms with E-state index in [1.807, 2.05) is 48.3 Å². The number of carbonyl (C=O) groups is 2.